The molecule has 3 heteroatoms. The second kappa shape index (κ2) is 7.19. The van der Waals surface area contributed by atoms with Gasteiger partial charge in [-0.1, -0.05) is 52.9 Å². The molecule has 0 saturated carbocycles. The molecule has 15 heavy (non-hydrogen) atoms. The standard InChI is InChI=1S/C12H18INO/c1-10(13)14-12(9-15-2)8-11-6-4-3-5-7-11/h3-7,10,12,14H,8-9H2,1-2H3. The summed E-state index contributed by atoms with van der Waals surface area (Å²) in [6.07, 6.45) is 1.02. The maximum absolute atomic E-state index is 5.21. The summed E-state index contributed by atoms with van der Waals surface area (Å²) in [7, 11) is 1.75. The third-order valence-electron chi connectivity index (χ3n) is 2.16. The van der Waals surface area contributed by atoms with Gasteiger partial charge in [0.15, 0.2) is 0 Å². The molecular weight excluding hydrogens is 301 g/mol. The van der Waals surface area contributed by atoms with E-state index in [0.29, 0.717) is 10.1 Å². The lowest BCUT2D eigenvalue weighted by atomic mass is 10.1. The molecule has 0 bridgehead atoms. The minimum absolute atomic E-state index is 0.393. The summed E-state index contributed by atoms with van der Waals surface area (Å²) < 4.78 is 5.68. The Morgan fingerprint density at radius 2 is 2.00 bits per heavy atom. The lowest BCUT2D eigenvalue weighted by Crippen LogP contribution is -2.38. The van der Waals surface area contributed by atoms with E-state index in [0.717, 1.165) is 13.0 Å². The first kappa shape index (κ1) is 12.9. The minimum Gasteiger partial charge on any atom is -0.383 e. The Labute approximate surface area is 106 Å². The van der Waals surface area contributed by atoms with Gasteiger partial charge in [-0.25, -0.2) is 0 Å². The zero-order valence-corrected chi connectivity index (χ0v) is 11.4. The van der Waals surface area contributed by atoms with Gasteiger partial charge >= 0.3 is 0 Å². The summed E-state index contributed by atoms with van der Waals surface area (Å²) in [5.41, 5.74) is 1.35. The molecule has 2 unspecified atom stereocenters. The Balaban J connectivity index is 2.50. The maximum Gasteiger partial charge on any atom is 0.0619 e. The van der Waals surface area contributed by atoms with Gasteiger partial charge in [0.05, 0.1) is 10.7 Å². The van der Waals surface area contributed by atoms with E-state index in [9.17, 15) is 0 Å². The summed E-state index contributed by atoms with van der Waals surface area (Å²) in [4.78, 5) is 0. The van der Waals surface area contributed by atoms with Crippen molar-refractivity contribution in [1.82, 2.24) is 5.32 Å². The molecule has 1 aromatic carbocycles. The zero-order chi connectivity index (χ0) is 11.1. The van der Waals surface area contributed by atoms with E-state index in [1.54, 1.807) is 7.11 Å². The summed E-state index contributed by atoms with van der Waals surface area (Å²) in [5.74, 6) is 0. The van der Waals surface area contributed by atoms with Crippen LogP contribution in [0.4, 0.5) is 0 Å². The van der Waals surface area contributed by atoms with Crippen molar-refractivity contribution in [3.63, 3.8) is 0 Å². The lowest BCUT2D eigenvalue weighted by Gasteiger charge is -2.19. The average molecular weight is 319 g/mol. The van der Waals surface area contributed by atoms with E-state index in [1.165, 1.54) is 5.56 Å². The first-order valence-electron chi connectivity index (χ1n) is 5.15. The number of alkyl halides is 1. The van der Waals surface area contributed by atoms with Gasteiger partial charge in [-0.3, -0.25) is 0 Å². The summed E-state index contributed by atoms with van der Waals surface area (Å²) >= 11 is 2.37. The van der Waals surface area contributed by atoms with E-state index < -0.39 is 0 Å². The predicted octanol–water partition coefficient (Wildman–Crippen LogP) is 2.61. The first-order valence-corrected chi connectivity index (χ1v) is 6.40. The predicted molar refractivity (Wildman–Crippen MR) is 72.4 cm³/mol. The normalized spacial score (nSPS) is 14.9. The highest BCUT2D eigenvalue weighted by molar-refractivity contribution is 14.1. The van der Waals surface area contributed by atoms with Gasteiger partial charge in [0.25, 0.3) is 0 Å². The molecular formula is C12H18INO. The highest BCUT2D eigenvalue weighted by Gasteiger charge is 2.10. The molecule has 1 rings (SSSR count). The topological polar surface area (TPSA) is 21.3 Å². The van der Waals surface area contributed by atoms with E-state index in [4.69, 9.17) is 4.74 Å². The van der Waals surface area contributed by atoms with Gasteiger partial charge in [0, 0.05) is 13.2 Å². The molecule has 0 aliphatic rings. The zero-order valence-electron chi connectivity index (χ0n) is 9.24. The Hall–Kier alpha value is -0.130. The fourth-order valence-corrected chi connectivity index (χ4v) is 2.10. The number of benzene rings is 1. The van der Waals surface area contributed by atoms with Crippen LogP contribution >= 0.6 is 22.6 Å². The number of hydrogen-bond acceptors (Lipinski definition) is 2. The van der Waals surface area contributed by atoms with Gasteiger partial charge in [0.1, 0.15) is 0 Å². The van der Waals surface area contributed by atoms with Crippen LogP contribution in [0, 0.1) is 0 Å². The first-order chi connectivity index (χ1) is 7.22. The molecule has 0 fully saturated rings. The largest absolute Gasteiger partial charge is 0.383 e. The molecule has 2 nitrogen and oxygen atoms in total. The van der Waals surface area contributed by atoms with Crippen molar-refractivity contribution in [3.05, 3.63) is 35.9 Å². The van der Waals surface area contributed by atoms with Crippen LogP contribution in [-0.4, -0.2) is 23.8 Å². The molecule has 0 amide bonds. The monoisotopic (exact) mass is 319 g/mol. The fraction of sp³-hybridized carbons (Fsp3) is 0.500. The van der Waals surface area contributed by atoms with Crippen LogP contribution < -0.4 is 5.32 Å². The van der Waals surface area contributed by atoms with E-state index in [1.807, 2.05) is 6.07 Å². The quantitative estimate of drug-likeness (QED) is 0.494. The van der Waals surface area contributed by atoms with Gasteiger partial charge in [-0.2, -0.15) is 0 Å². The van der Waals surface area contributed by atoms with Crippen molar-refractivity contribution in [2.75, 3.05) is 13.7 Å². The van der Waals surface area contributed by atoms with Gasteiger partial charge < -0.3 is 10.1 Å². The third kappa shape index (κ3) is 5.49. The Bertz CT molecular complexity index is 264. The number of ether oxygens (including phenoxy) is 1. The van der Waals surface area contributed by atoms with Crippen LogP contribution in [0.15, 0.2) is 30.3 Å². The van der Waals surface area contributed by atoms with Crippen molar-refractivity contribution >= 4 is 22.6 Å². The van der Waals surface area contributed by atoms with Gasteiger partial charge in [0.2, 0.25) is 0 Å². The highest BCUT2D eigenvalue weighted by Crippen LogP contribution is 2.05. The van der Waals surface area contributed by atoms with Gasteiger partial charge in [-0.05, 0) is 18.9 Å². The maximum atomic E-state index is 5.21. The molecule has 0 spiro atoms. The summed E-state index contributed by atoms with van der Waals surface area (Å²) in [6.45, 7) is 2.90. The minimum atomic E-state index is 0.393. The van der Waals surface area contributed by atoms with Crippen molar-refractivity contribution in [3.8, 4) is 0 Å². The molecule has 0 aliphatic heterocycles. The molecule has 1 N–H and O–H groups in total. The van der Waals surface area contributed by atoms with Crippen LogP contribution in [0.1, 0.15) is 12.5 Å². The van der Waals surface area contributed by atoms with Crippen LogP contribution in [0.2, 0.25) is 0 Å². The SMILES string of the molecule is COCC(Cc1ccccc1)NC(C)I. The number of methoxy groups -OCH3 is 1. The van der Waals surface area contributed by atoms with Crippen LogP contribution in [-0.2, 0) is 11.2 Å². The molecule has 2 atom stereocenters. The number of halogens is 1. The third-order valence-corrected chi connectivity index (χ3v) is 2.52. The fourth-order valence-electron chi connectivity index (χ4n) is 1.59. The molecule has 0 aromatic heterocycles. The second-order valence-corrected chi connectivity index (χ2v) is 5.49. The van der Waals surface area contributed by atoms with Crippen molar-refractivity contribution in [2.45, 2.75) is 23.4 Å². The van der Waals surface area contributed by atoms with E-state index >= 15 is 0 Å². The smallest absolute Gasteiger partial charge is 0.0619 e. The highest BCUT2D eigenvalue weighted by atomic mass is 127. The molecule has 0 aliphatic carbocycles. The van der Waals surface area contributed by atoms with E-state index in [2.05, 4.69) is 59.1 Å². The average Bonchev–Trinajstić information content (AvgIpc) is 2.18. The van der Waals surface area contributed by atoms with Crippen molar-refractivity contribution in [1.29, 1.82) is 0 Å². The number of nitrogens with one attached hydrogen (secondary N) is 1. The Kier molecular flexibility index (Phi) is 6.20. The summed E-state index contributed by atoms with van der Waals surface area (Å²) in [6, 6.07) is 10.9. The molecule has 0 heterocycles. The van der Waals surface area contributed by atoms with Crippen molar-refractivity contribution in [2.24, 2.45) is 0 Å². The Morgan fingerprint density at radius 1 is 1.33 bits per heavy atom. The Morgan fingerprint density at radius 3 is 2.53 bits per heavy atom. The number of hydrogen-bond donors (Lipinski definition) is 1. The lowest BCUT2D eigenvalue weighted by molar-refractivity contribution is 0.166. The molecule has 1 aromatic rings. The van der Waals surface area contributed by atoms with Gasteiger partial charge in [-0.15, -0.1) is 0 Å². The van der Waals surface area contributed by atoms with Crippen LogP contribution in [0.25, 0.3) is 0 Å². The van der Waals surface area contributed by atoms with Crippen LogP contribution in [0.5, 0.6) is 0 Å². The molecule has 0 radical (unpaired) electrons. The number of rotatable bonds is 6. The molecule has 0 saturated heterocycles. The van der Waals surface area contributed by atoms with Crippen LogP contribution in [0.3, 0.4) is 0 Å². The van der Waals surface area contributed by atoms with Crippen molar-refractivity contribution < 1.29 is 4.74 Å². The summed E-state index contributed by atoms with van der Waals surface area (Å²) in [5, 5.41) is 3.49. The second-order valence-electron chi connectivity index (χ2n) is 3.62. The van der Waals surface area contributed by atoms with E-state index in [-0.39, 0.29) is 0 Å². The molecule has 84 valence electrons.